The third kappa shape index (κ3) is 16.6. The maximum atomic E-state index is 12.3. The summed E-state index contributed by atoms with van der Waals surface area (Å²) in [6.45, 7) is 4.88. The van der Waals surface area contributed by atoms with Gasteiger partial charge in [0.15, 0.2) is 0 Å². The molecule has 2 atom stereocenters. The van der Waals surface area contributed by atoms with E-state index in [2.05, 4.69) is 13.8 Å². The normalized spacial score (nSPS) is 12.6. The molecule has 0 bridgehead atoms. The van der Waals surface area contributed by atoms with Crippen LogP contribution in [-0.2, 0) is 14.3 Å². The van der Waals surface area contributed by atoms with Gasteiger partial charge in [-0.05, 0) is 50.7 Å². The molecule has 0 aliphatic rings. The fourth-order valence-corrected chi connectivity index (χ4v) is 4.09. The summed E-state index contributed by atoms with van der Waals surface area (Å²) in [4.78, 5) is 33.7. The molecule has 9 heteroatoms. The summed E-state index contributed by atoms with van der Waals surface area (Å²) in [5.41, 5.74) is -0.0770. The van der Waals surface area contributed by atoms with E-state index in [1.807, 2.05) is 0 Å². The lowest BCUT2D eigenvalue weighted by molar-refractivity contribution is -0.384. The number of carboxylic acids is 1. The molecular formula is C28H45NO8. The summed E-state index contributed by atoms with van der Waals surface area (Å²) < 4.78 is 16.6. The molecule has 1 rings (SSSR count). The van der Waals surface area contributed by atoms with E-state index in [9.17, 15) is 19.7 Å². The van der Waals surface area contributed by atoms with Gasteiger partial charge in [-0.3, -0.25) is 14.9 Å². The number of carbonyl (C=O) groups excluding carboxylic acids is 1. The molecule has 1 N–H and O–H groups in total. The standard InChI is InChI=1S/C28H45NO8/c1-3-5-7-10-14-24(36-28(32)37-25-19-17-23(18-20-25)29(33)34)15-11-8-9-12-16-26(22-27(30)31)35-21-13-6-4-2/h17-20,24,26H,3-16,21-22H2,1-2H3,(H,30,31). The topological polar surface area (TPSA) is 125 Å². The van der Waals surface area contributed by atoms with Crippen LogP contribution in [0.25, 0.3) is 0 Å². The number of non-ortho nitro benzene ring substituents is 1. The summed E-state index contributed by atoms with van der Waals surface area (Å²) in [5.74, 6) is -0.627. The van der Waals surface area contributed by atoms with Crippen molar-refractivity contribution in [3.8, 4) is 5.75 Å². The van der Waals surface area contributed by atoms with Gasteiger partial charge in [-0.2, -0.15) is 0 Å². The Labute approximate surface area is 221 Å². The number of unbranched alkanes of at least 4 members (excludes halogenated alkanes) is 8. The van der Waals surface area contributed by atoms with Crippen LogP contribution in [0.2, 0.25) is 0 Å². The van der Waals surface area contributed by atoms with E-state index in [4.69, 9.17) is 19.3 Å². The Morgan fingerprint density at radius 3 is 1.92 bits per heavy atom. The zero-order valence-corrected chi connectivity index (χ0v) is 22.5. The van der Waals surface area contributed by atoms with Crippen molar-refractivity contribution in [1.29, 1.82) is 0 Å². The number of hydrogen-bond donors (Lipinski definition) is 1. The third-order valence-electron chi connectivity index (χ3n) is 6.20. The molecule has 0 aliphatic heterocycles. The van der Waals surface area contributed by atoms with Gasteiger partial charge < -0.3 is 19.3 Å². The van der Waals surface area contributed by atoms with Gasteiger partial charge in [-0.1, -0.05) is 65.2 Å². The first-order chi connectivity index (χ1) is 17.8. The van der Waals surface area contributed by atoms with Crippen LogP contribution in [0.4, 0.5) is 10.5 Å². The number of nitro benzene ring substituents is 1. The van der Waals surface area contributed by atoms with E-state index in [0.717, 1.165) is 89.9 Å². The van der Waals surface area contributed by atoms with Crippen molar-refractivity contribution in [3.05, 3.63) is 34.4 Å². The van der Waals surface area contributed by atoms with Gasteiger partial charge in [-0.15, -0.1) is 0 Å². The highest BCUT2D eigenvalue weighted by Gasteiger charge is 2.17. The largest absolute Gasteiger partial charge is 0.514 e. The van der Waals surface area contributed by atoms with E-state index in [0.29, 0.717) is 6.61 Å². The molecule has 0 aliphatic carbocycles. The molecule has 2 unspecified atom stereocenters. The molecule has 0 saturated heterocycles. The molecule has 0 amide bonds. The molecule has 0 fully saturated rings. The molecule has 1 aromatic carbocycles. The van der Waals surface area contributed by atoms with E-state index < -0.39 is 17.0 Å². The van der Waals surface area contributed by atoms with Crippen LogP contribution in [-0.4, -0.2) is 41.0 Å². The number of aliphatic carboxylic acids is 1. The van der Waals surface area contributed by atoms with Crippen molar-refractivity contribution in [3.63, 3.8) is 0 Å². The van der Waals surface area contributed by atoms with Crippen molar-refractivity contribution in [2.75, 3.05) is 6.61 Å². The second-order valence-corrected chi connectivity index (χ2v) is 9.48. The summed E-state index contributed by atoms with van der Waals surface area (Å²) in [5, 5.41) is 19.9. The molecule has 0 aromatic heterocycles. The summed E-state index contributed by atoms with van der Waals surface area (Å²) >= 11 is 0. The van der Waals surface area contributed by atoms with Gasteiger partial charge in [0.1, 0.15) is 11.9 Å². The SMILES string of the molecule is CCCCCCC(CCCCCCC(CC(=O)O)OCCCCC)OC(=O)Oc1ccc([N+](=O)[O-])cc1. The van der Waals surface area contributed by atoms with Crippen molar-refractivity contribution in [1.82, 2.24) is 0 Å². The highest BCUT2D eigenvalue weighted by atomic mass is 16.7. The molecular weight excluding hydrogens is 478 g/mol. The van der Waals surface area contributed by atoms with Crippen LogP contribution < -0.4 is 4.74 Å². The summed E-state index contributed by atoms with van der Waals surface area (Å²) in [6.07, 6.45) is 12.2. The first kappa shape index (κ1) is 32.3. The first-order valence-electron chi connectivity index (χ1n) is 13.8. The maximum Gasteiger partial charge on any atom is 0.514 e. The number of carboxylic acid groups (broad SMARTS) is 1. The smallest absolute Gasteiger partial charge is 0.481 e. The van der Waals surface area contributed by atoms with Gasteiger partial charge >= 0.3 is 12.1 Å². The van der Waals surface area contributed by atoms with Crippen LogP contribution in [0, 0.1) is 10.1 Å². The molecule has 1 aromatic rings. The predicted octanol–water partition coefficient (Wildman–Crippen LogP) is 7.84. The molecule has 37 heavy (non-hydrogen) atoms. The third-order valence-corrected chi connectivity index (χ3v) is 6.20. The van der Waals surface area contributed by atoms with Gasteiger partial charge in [0.25, 0.3) is 5.69 Å². The van der Waals surface area contributed by atoms with E-state index in [1.54, 1.807) is 0 Å². The van der Waals surface area contributed by atoms with Crippen LogP contribution in [0.5, 0.6) is 5.75 Å². The van der Waals surface area contributed by atoms with E-state index >= 15 is 0 Å². The van der Waals surface area contributed by atoms with Crippen LogP contribution >= 0.6 is 0 Å². The Bertz CT molecular complexity index is 768. The van der Waals surface area contributed by atoms with Gasteiger partial charge in [0.2, 0.25) is 0 Å². The fourth-order valence-electron chi connectivity index (χ4n) is 4.09. The second-order valence-electron chi connectivity index (χ2n) is 9.48. The number of hydrogen-bond acceptors (Lipinski definition) is 7. The number of nitrogens with zero attached hydrogens (tertiary/aromatic N) is 1. The Morgan fingerprint density at radius 2 is 1.38 bits per heavy atom. The second kappa shape index (κ2) is 20.4. The highest BCUT2D eigenvalue weighted by molar-refractivity contribution is 5.67. The minimum absolute atomic E-state index is 0.0384. The summed E-state index contributed by atoms with van der Waals surface area (Å²) in [6, 6.07) is 5.31. The van der Waals surface area contributed by atoms with Crippen LogP contribution in [0.15, 0.2) is 24.3 Å². The lowest BCUT2D eigenvalue weighted by atomic mass is 10.0. The number of ether oxygens (including phenoxy) is 3. The number of rotatable bonds is 22. The Balaban J connectivity index is 2.42. The maximum absolute atomic E-state index is 12.3. The molecule has 0 radical (unpaired) electrons. The molecule has 0 heterocycles. The van der Waals surface area contributed by atoms with Crippen molar-refractivity contribution in [2.24, 2.45) is 0 Å². The average molecular weight is 524 g/mol. The summed E-state index contributed by atoms with van der Waals surface area (Å²) in [7, 11) is 0. The Morgan fingerprint density at radius 1 is 0.838 bits per heavy atom. The van der Waals surface area contributed by atoms with Gasteiger partial charge in [0, 0.05) is 18.7 Å². The Hall–Kier alpha value is -2.68. The first-order valence-corrected chi connectivity index (χ1v) is 13.8. The number of benzene rings is 1. The number of carbonyl (C=O) groups is 2. The molecule has 9 nitrogen and oxygen atoms in total. The van der Waals surface area contributed by atoms with Crippen molar-refractivity contribution >= 4 is 17.8 Å². The average Bonchev–Trinajstić information content (AvgIpc) is 2.86. The van der Waals surface area contributed by atoms with E-state index in [1.165, 1.54) is 24.3 Å². The monoisotopic (exact) mass is 523 g/mol. The van der Waals surface area contributed by atoms with Crippen molar-refractivity contribution < 1.29 is 33.8 Å². The Kier molecular flexibility index (Phi) is 17.8. The van der Waals surface area contributed by atoms with Crippen LogP contribution in [0.3, 0.4) is 0 Å². The fraction of sp³-hybridized carbons (Fsp3) is 0.714. The molecule has 0 spiro atoms. The van der Waals surface area contributed by atoms with E-state index in [-0.39, 0.29) is 30.1 Å². The highest BCUT2D eigenvalue weighted by Crippen LogP contribution is 2.21. The van der Waals surface area contributed by atoms with Gasteiger partial charge in [-0.25, -0.2) is 4.79 Å². The quantitative estimate of drug-likeness (QED) is 0.0535. The molecule has 0 saturated carbocycles. The minimum Gasteiger partial charge on any atom is -0.481 e. The minimum atomic E-state index is -0.829. The zero-order chi connectivity index (χ0) is 27.3. The number of nitro groups is 1. The predicted molar refractivity (Wildman–Crippen MR) is 142 cm³/mol. The lowest BCUT2D eigenvalue weighted by Crippen LogP contribution is -2.21. The van der Waals surface area contributed by atoms with Gasteiger partial charge in [0.05, 0.1) is 17.4 Å². The van der Waals surface area contributed by atoms with Crippen molar-refractivity contribution in [2.45, 2.75) is 122 Å². The lowest BCUT2D eigenvalue weighted by Gasteiger charge is -2.18. The zero-order valence-electron chi connectivity index (χ0n) is 22.5. The van der Waals surface area contributed by atoms with Crippen LogP contribution in [0.1, 0.15) is 110 Å². The molecule has 210 valence electrons.